The molecule has 0 spiro atoms. The van der Waals surface area contributed by atoms with Gasteiger partial charge in [0.1, 0.15) is 9.77 Å². The number of carboxylic acid groups (broad SMARTS) is 1. The number of fused-ring (bicyclic) bond motifs is 1. The Morgan fingerprint density at radius 2 is 1.77 bits per heavy atom. The highest BCUT2D eigenvalue weighted by Gasteiger charge is 2.41. The summed E-state index contributed by atoms with van der Waals surface area (Å²) in [5.74, 6) is -0.737. The van der Waals surface area contributed by atoms with Crippen molar-refractivity contribution in [2.45, 2.75) is 43.0 Å². The lowest BCUT2D eigenvalue weighted by Crippen LogP contribution is -2.46. The second kappa shape index (κ2) is 9.58. The standard InChI is InChI=1S/C26H27ClN2O4S2/c1-28-22(17-8-4-2-5-9-17)16-29(18-10-6-3-7-11-18)21-15-20(27)19(14-25(21)35(28,32)33)23-12-13-24(34-23)26(30)31/h3,6-7,10-15,17,22H,2,4-5,8-9,16H2,1H3,(H,30,31)/t22-/m0/s1. The van der Waals surface area contributed by atoms with Crippen molar-refractivity contribution in [1.29, 1.82) is 0 Å². The third kappa shape index (κ3) is 4.48. The fraction of sp³-hybridized carbons (Fsp3) is 0.346. The van der Waals surface area contributed by atoms with Gasteiger partial charge in [-0.15, -0.1) is 11.3 Å². The van der Waals surface area contributed by atoms with E-state index in [9.17, 15) is 18.3 Å². The summed E-state index contributed by atoms with van der Waals surface area (Å²) >= 11 is 7.81. The van der Waals surface area contributed by atoms with E-state index in [4.69, 9.17) is 11.6 Å². The fourth-order valence-corrected chi connectivity index (χ4v) is 8.09. The molecule has 1 aromatic heterocycles. The van der Waals surface area contributed by atoms with E-state index in [1.165, 1.54) is 12.5 Å². The van der Waals surface area contributed by atoms with Gasteiger partial charge in [0.2, 0.25) is 10.0 Å². The van der Waals surface area contributed by atoms with Crippen LogP contribution in [-0.4, -0.2) is 43.4 Å². The predicted molar refractivity (Wildman–Crippen MR) is 140 cm³/mol. The number of hydrogen-bond acceptors (Lipinski definition) is 5. The molecule has 2 aromatic carbocycles. The molecule has 1 aliphatic carbocycles. The van der Waals surface area contributed by atoms with Gasteiger partial charge >= 0.3 is 5.97 Å². The molecule has 1 N–H and O–H groups in total. The summed E-state index contributed by atoms with van der Waals surface area (Å²) in [6, 6.07) is 16.2. The van der Waals surface area contributed by atoms with Crippen LogP contribution in [0.3, 0.4) is 0 Å². The van der Waals surface area contributed by atoms with Gasteiger partial charge in [0, 0.05) is 35.8 Å². The monoisotopic (exact) mass is 530 g/mol. The predicted octanol–water partition coefficient (Wildman–Crippen LogP) is 6.49. The van der Waals surface area contributed by atoms with Crippen LogP contribution in [0.25, 0.3) is 10.4 Å². The highest BCUT2D eigenvalue weighted by molar-refractivity contribution is 7.89. The van der Waals surface area contributed by atoms with Crippen LogP contribution in [0, 0.1) is 5.92 Å². The summed E-state index contributed by atoms with van der Waals surface area (Å²) < 4.78 is 29.6. The third-order valence-corrected chi connectivity index (χ3v) is 10.5. The van der Waals surface area contributed by atoms with Crippen LogP contribution in [0.15, 0.2) is 59.5 Å². The smallest absolute Gasteiger partial charge is 0.345 e. The maximum absolute atomic E-state index is 14.0. The molecule has 0 amide bonds. The van der Waals surface area contributed by atoms with Crippen LogP contribution < -0.4 is 4.90 Å². The van der Waals surface area contributed by atoms with E-state index in [-0.39, 0.29) is 21.7 Å². The maximum atomic E-state index is 14.0. The highest BCUT2D eigenvalue weighted by Crippen LogP contribution is 2.45. The zero-order valence-electron chi connectivity index (χ0n) is 19.4. The van der Waals surface area contributed by atoms with Crippen LogP contribution >= 0.6 is 22.9 Å². The van der Waals surface area contributed by atoms with Crippen LogP contribution in [-0.2, 0) is 10.0 Å². The topological polar surface area (TPSA) is 77.9 Å². The maximum Gasteiger partial charge on any atom is 0.345 e. The number of aromatic carboxylic acids is 1. The molecule has 1 aliphatic heterocycles. The lowest BCUT2D eigenvalue weighted by Gasteiger charge is -2.36. The Labute approximate surface area is 214 Å². The summed E-state index contributed by atoms with van der Waals surface area (Å²) in [4.78, 5) is 14.5. The molecule has 184 valence electrons. The fourth-order valence-electron chi connectivity index (χ4n) is 5.30. The molecule has 6 nitrogen and oxygen atoms in total. The summed E-state index contributed by atoms with van der Waals surface area (Å²) in [5, 5.41) is 9.73. The zero-order valence-corrected chi connectivity index (χ0v) is 21.7. The van der Waals surface area contributed by atoms with Gasteiger partial charge in [-0.2, -0.15) is 4.31 Å². The van der Waals surface area contributed by atoms with E-state index in [2.05, 4.69) is 4.90 Å². The number of likely N-dealkylation sites (N-methyl/N-ethyl adjacent to an activating group) is 1. The van der Waals surface area contributed by atoms with E-state index in [1.807, 2.05) is 30.3 Å². The zero-order chi connectivity index (χ0) is 24.7. The van der Waals surface area contributed by atoms with E-state index in [0.29, 0.717) is 27.7 Å². The number of para-hydroxylation sites is 1. The van der Waals surface area contributed by atoms with Gasteiger partial charge in [-0.05, 0) is 55.2 Å². The number of carboxylic acids is 1. The number of nitrogens with zero attached hydrogens (tertiary/aromatic N) is 2. The molecule has 1 saturated carbocycles. The van der Waals surface area contributed by atoms with Crippen molar-refractivity contribution in [3.8, 4) is 10.4 Å². The number of benzene rings is 2. The lowest BCUT2D eigenvalue weighted by atomic mass is 9.83. The Kier molecular flexibility index (Phi) is 6.65. The summed E-state index contributed by atoms with van der Waals surface area (Å²) in [6.45, 7) is 0.537. The average molecular weight is 531 g/mol. The van der Waals surface area contributed by atoms with Gasteiger partial charge in [0.25, 0.3) is 0 Å². The Bertz CT molecular complexity index is 1350. The molecule has 1 atom stereocenters. The highest BCUT2D eigenvalue weighted by atomic mass is 35.5. The number of carbonyl (C=O) groups is 1. The summed E-state index contributed by atoms with van der Waals surface area (Å²) in [6.07, 6.45) is 5.47. The van der Waals surface area contributed by atoms with Gasteiger partial charge < -0.3 is 10.0 Å². The normalized spacial score (nSPS) is 20.9. The van der Waals surface area contributed by atoms with Gasteiger partial charge in [0.15, 0.2) is 0 Å². The first-order valence-corrected chi connectivity index (χ1v) is 14.4. The molecule has 35 heavy (non-hydrogen) atoms. The number of sulfonamides is 1. The summed E-state index contributed by atoms with van der Waals surface area (Å²) in [5.41, 5.74) is 1.97. The van der Waals surface area contributed by atoms with Crippen molar-refractivity contribution in [2.75, 3.05) is 18.5 Å². The first-order valence-electron chi connectivity index (χ1n) is 11.7. The van der Waals surface area contributed by atoms with Crippen molar-refractivity contribution in [2.24, 2.45) is 5.92 Å². The molecule has 0 unspecified atom stereocenters. The lowest BCUT2D eigenvalue weighted by molar-refractivity contribution is 0.0702. The number of hydrogen-bond donors (Lipinski definition) is 1. The molecular formula is C26H27ClN2O4S2. The van der Waals surface area contributed by atoms with E-state index in [1.54, 1.807) is 29.6 Å². The van der Waals surface area contributed by atoms with Crippen LogP contribution in [0.1, 0.15) is 41.8 Å². The van der Waals surface area contributed by atoms with Crippen LogP contribution in [0.4, 0.5) is 11.4 Å². The quantitative estimate of drug-likeness (QED) is 0.417. The Morgan fingerprint density at radius 3 is 2.43 bits per heavy atom. The van der Waals surface area contributed by atoms with Gasteiger partial charge in [-0.1, -0.05) is 49.1 Å². The van der Waals surface area contributed by atoms with Gasteiger partial charge in [-0.3, -0.25) is 0 Å². The minimum Gasteiger partial charge on any atom is -0.477 e. The number of rotatable bonds is 4. The first kappa shape index (κ1) is 24.3. The first-order chi connectivity index (χ1) is 16.8. The van der Waals surface area contributed by atoms with Crippen molar-refractivity contribution in [3.05, 3.63) is 64.5 Å². The van der Waals surface area contributed by atoms with Crippen molar-refractivity contribution in [3.63, 3.8) is 0 Å². The molecule has 0 bridgehead atoms. The Morgan fingerprint density at radius 1 is 1.06 bits per heavy atom. The van der Waals surface area contributed by atoms with Crippen molar-refractivity contribution >= 4 is 50.3 Å². The SMILES string of the molecule is CN1[C@H](C2CCCCC2)CN(c2ccccc2)c2cc(Cl)c(-c3ccc(C(=O)O)s3)cc2S1(=O)=O. The second-order valence-corrected chi connectivity index (χ2v) is 12.7. The molecule has 0 radical (unpaired) electrons. The van der Waals surface area contributed by atoms with Crippen molar-refractivity contribution < 1.29 is 18.3 Å². The molecule has 9 heteroatoms. The van der Waals surface area contributed by atoms with E-state index in [0.717, 1.165) is 42.7 Å². The Hall–Kier alpha value is -2.39. The number of halogens is 1. The molecule has 5 rings (SSSR count). The van der Waals surface area contributed by atoms with Gasteiger partial charge in [0.05, 0.1) is 10.7 Å². The molecule has 3 aromatic rings. The molecule has 1 fully saturated rings. The second-order valence-electron chi connectivity index (χ2n) is 9.20. The van der Waals surface area contributed by atoms with Crippen LogP contribution in [0.5, 0.6) is 0 Å². The minimum absolute atomic E-state index is 0.171. The van der Waals surface area contributed by atoms with E-state index >= 15 is 0 Å². The molecule has 2 heterocycles. The average Bonchev–Trinajstić information content (AvgIpc) is 3.33. The molecule has 0 saturated heterocycles. The molecular weight excluding hydrogens is 504 g/mol. The number of anilines is 2. The molecule has 2 aliphatic rings. The van der Waals surface area contributed by atoms with Gasteiger partial charge in [-0.25, -0.2) is 13.2 Å². The Balaban J connectivity index is 1.69. The third-order valence-electron chi connectivity index (χ3n) is 7.18. The van der Waals surface area contributed by atoms with E-state index < -0.39 is 16.0 Å². The largest absolute Gasteiger partial charge is 0.477 e. The minimum atomic E-state index is -3.83. The van der Waals surface area contributed by atoms with Crippen molar-refractivity contribution in [1.82, 2.24) is 4.31 Å². The van der Waals surface area contributed by atoms with Crippen LogP contribution in [0.2, 0.25) is 5.02 Å². The number of thiophene rings is 1. The summed E-state index contributed by atoms with van der Waals surface area (Å²) in [7, 11) is -2.14.